The number of rotatable bonds is 13. The molecular weight excluding hydrogens is 266 g/mol. The highest BCUT2D eigenvalue weighted by atomic mass is 35.5. The molecule has 0 aliphatic heterocycles. The van der Waals surface area contributed by atoms with E-state index in [0.717, 1.165) is 38.6 Å². The van der Waals surface area contributed by atoms with Crippen molar-refractivity contribution >= 4 is 23.5 Å². The average Bonchev–Trinajstić information content (AvgIpc) is 2.39. The highest BCUT2D eigenvalue weighted by Crippen LogP contribution is 2.10. The van der Waals surface area contributed by atoms with E-state index >= 15 is 0 Å². The topological polar surface area (TPSA) is 66.4 Å². The summed E-state index contributed by atoms with van der Waals surface area (Å²) in [6.07, 6.45) is 10.3. The second-order valence-electron chi connectivity index (χ2n) is 4.81. The second kappa shape index (κ2) is 13.7. The van der Waals surface area contributed by atoms with Crippen molar-refractivity contribution in [2.24, 2.45) is 0 Å². The molecule has 0 saturated carbocycles. The summed E-state index contributed by atoms with van der Waals surface area (Å²) in [5.74, 6) is -0.744. The smallest absolute Gasteiger partial charge is 0.303 e. The number of alkyl halides is 1. The molecule has 0 saturated heterocycles. The molecule has 0 bridgehead atoms. The fraction of sp³-hybridized carbons (Fsp3) is 0.857. The van der Waals surface area contributed by atoms with Gasteiger partial charge in [-0.3, -0.25) is 9.59 Å². The minimum atomic E-state index is -0.693. The first-order valence-corrected chi connectivity index (χ1v) is 7.74. The Bertz CT molecular complexity index is 247. The zero-order valence-electron chi connectivity index (χ0n) is 11.6. The van der Waals surface area contributed by atoms with Gasteiger partial charge in [0.05, 0.1) is 0 Å². The lowest BCUT2D eigenvalue weighted by molar-refractivity contribution is -0.137. The summed E-state index contributed by atoms with van der Waals surface area (Å²) in [7, 11) is 0. The van der Waals surface area contributed by atoms with Crippen LogP contribution in [0.15, 0.2) is 0 Å². The first-order chi connectivity index (χ1) is 9.16. The third-order valence-electron chi connectivity index (χ3n) is 3.01. The van der Waals surface area contributed by atoms with Gasteiger partial charge in [-0.2, -0.15) is 0 Å². The normalized spacial score (nSPS) is 10.4. The van der Waals surface area contributed by atoms with E-state index in [9.17, 15) is 9.59 Å². The van der Waals surface area contributed by atoms with E-state index in [2.05, 4.69) is 5.32 Å². The Kier molecular flexibility index (Phi) is 13.1. The number of amides is 1. The Hall–Kier alpha value is -0.770. The van der Waals surface area contributed by atoms with E-state index in [0.29, 0.717) is 6.42 Å². The van der Waals surface area contributed by atoms with Gasteiger partial charge in [0.1, 0.15) is 5.88 Å². The van der Waals surface area contributed by atoms with Crippen molar-refractivity contribution in [3.05, 3.63) is 0 Å². The van der Waals surface area contributed by atoms with E-state index in [4.69, 9.17) is 16.7 Å². The Labute approximate surface area is 120 Å². The summed E-state index contributed by atoms with van der Waals surface area (Å²) < 4.78 is 0. The van der Waals surface area contributed by atoms with Gasteiger partial charge in [-0.05, 0) is 12.8 Å². The number of nitrogens with one attached hydrogen (secondary N) is 1. The molecule has 0 heterocycles. The minimum Gasteiger partial charge on any atom is -0.481 e. The van der Waals surface area contributed by atoms with E-state index < -0.39 is 5.97 Å². The SMILES string of the molecule is O=C(O)CCCCCCCCCCCNC(=O)CCl. The molecule has 0 fully saturated rings. The number of hydrogen-bond donors (Lipinski definition) is 2. The molecule has 4 nitrogen and oxygen atoms in total. The van der Waals surface area contributed by atoms with Crippen molar-refractivity contribution in [2.75, 3.05) is 12.4 Å². The zero-order chi connectivity index (χ0) is 14.3. The zero-order valence-corrected chi connectivity index (χ0v) is 12.4. The maximum absolute atomic E-state index is 10.8. The van der Waals surface area contributed by atoms with Crippen LogP contribution in [0.1, 0.15) is 64.2 Å². The van der Waals surface area contributed by atoms with Crippen LogP contribution in [0.4, 0.5) is 0 Å². The van der Waals surface area contributed by atoms with E-state index in [1.54, 1.807) is 0 Å². The molecule has 0 atom stereocenters. The van der Waals surface area contributed by atoms with Crippen LogP contribution in [-0.4, -0.2) is 29.4 Å². The summed E-state index contributed by atoms with van der Waals surface area (Å²) >= 11 is 5.36. The van der Waals surface area contributed by atoms with Crippen LogP contribution in [0.2, 0.25) is 0 Å². The average molecular weight is 292 g/mol. The number of aliphatic carboxylic acids is 1. The largest absolute Gasteiger partial charge is 0.481 e. The van der Waals surface area contributed by atoms with Crippen molar-refractivity contribution in [2.45, 2.75) is 64.2 Å². The Morgan fingerprint density at radius 2 is 1.32 bits per heavy atom. The van der Waals surface area contributed by atoms with Gasteiger partial charge >= 0.3 is 5.97 Å². The number of carbonyl (C=O) groups excluding carboxylic acids is 1. The van der Waals surface area contributed by atoms with E-state index in [1.807, 2.05) is 0 Å². The van der Waals surface area contributed by atoms with Gasteiger partial charge in [-0.1, -0.05) is 44.9 Å². The standard InChI is InChI=1S/C14H26ClNO3/c15-12-13(17)16-11-9-7-5-3-1-2-4-6-8-10-14(18)19/h1-12H2,(H,16,17)(H,18,19). The predicted octanol–water partition coefficient (Wildman–Crippen LogP) is 3.33. The lowest BCUT2D eigenvalue weighted by atomic mass is 10.1. The highest BCUT2D eigenvalue weighted by molar-refractivity contribution is 6.27. The molecule has 0 unspecified atom stereocenters. The lowest BCUT2D eigenvalue weighted by Gasteiger charge is -2.03. The van der Waals surface area contributed by atoms with Gasteiger partial charge < -0.3 is 10.4 Å². The first kappa shape index (κ1) is 18.2. The van der Waals surface area contributed by atoms with Crippen LogP contribution in [0.3, 0.4) is 0 Å². The summed E-state index contributed by atoms with van der Waals surface area (Å²) in [6, 6.07) is 0. The molecular formula is C14H26ClNO3. The number of unbranched alkanes of at least 4 members (excludes halogenated alkanes) is 8. The molecule has 0 aliphatic rings. The van der Waals surface area contributed by atoms with Crippen molar-refractivity contribution in [1.82, 2.24) is 5.32 Å². The predicted molar refractivity (Wildman–Crippen MR) is 77.5 cm³/mol. The van der Waals surface area contributed by atoms with Crippen LogP contribution in [0.5, 0.6) is 0 Å². The molecule has 19 heavy (non-hydrogen) atoms. The molecule has 112 valence electrons. The first-order valence-electron chi connectivity index (χ1n) is 7.21. The molecule has 0 aliphatic carbocycles. The second-order valence-corrected chi connectivity index (χ2v) is 5.08. The molecule has 2 N–H and O–H groups in total. The minimum absolute atomic E-state index is 0.0435. The molecule has 0 radical (unpaired) electrons. The Morgan fingerprint density at radius 1 is 0.842 bits per heavy atom. The number of carboxylic acid groups (broad SMARTS) is 1. The van der Waals surface area contributed by atoms with Crippen molar-refractivity contribution in [3.8, 4) is 0 Å². The van der Waals surface area contributed by atoms with Crippen molar-refractivity contribution in [3.63, 3.8) is 0 Å². The monoisotopic (exact) mass is 291 g/mol. The molecule has 0 aromatic rings. The van der Waals surface area contributed by atoms with Crippen LogP contribution in [0, 0.1) is 0 Å². The lowest BCUT2D eigenvalue weighted by Crippen LogP contribution is -2.25. The summed E-state index contributed by atoms with van der Waals surface area (Å²) in [5.41, 5.74) is 0. The number of carbonyl (C=O) groups is 2. The maximum atomic E-state index is 10.8. The van der Waals surface area contributed by atoms with Gasteiger partial charge in [0.15, 0.2) is 0 Å². The van der Waals surface area contributed by atoms with Gasteiger partial charge in [-0.15, -0.1) is 11.6 Å². The van der Waals surface area contributed by atoms with Crippen molar-refractivity contribution < 1.29 is 14.7 Å². The van der Waals surface area contributed by atoms with Gasteiger partial charge in [-0.25, -0.2) is 0 Å². The van der Waals surface area contributed by atoms with Gasteiger partial charge in [0.2, 0.25) is 5.91 Å². The van der Waals surface area contributed by atoms with Crippen LogP contribution in [-0.2, 0) is 9.59 Å². The molecule has 5 heteroatoms. The fourth-order valence-electron chi connectivity index (χ4n) is 1.91. The summed E-state index contributed by atoms with van der Waals surface area (Å²) in [4.78, 5) is 21.1. The molecule has 1 amide bonds. The molecule has 0 aromatic heterocycles. The molecule has 0 spiro atoms. The van der Waals surface area contributed by atoms with Gasteiger partial charge in [0.25, 0.3) is 0 Å². The third kappa shape index (κ3) is 15.2. The number of hydrogen-bond acceptors (Lipinski definition) is 2. The Balaban J connectivity index is 3.03. The van der Waals surface area contributed by atoms with Crippen LogP contribution >= 0.6 is 11.6 Å². The summed E-state index contributed by atoms with van der Waals surface area (Å²) in [6.45, 7) is 0.723. The fourth-order valence-corrected chi connectivity index (χ4v) is 2.01. The maximum Gasteiger partial charge on any atom is 0.303 e. The summed E-state index contributed by atoms with van der Waals surface area (Å²) in [5, 5.41) is 11.2. The van der Waals surface area contributed by atoms with Crippen molar-refractivity contribution in [1.29, 1.82) is 0 Å². The number of halogens is 1. The quantitative estimate of drug-likeness (QED) is 0.404. The number of carboxylic acids is 1. The van der Waals surface area contributed by atoms with E-state index in [1.165, 1.54) is 25.7 Å². The Morgan fingerprint density at radius 3 is 1.79 bits per heavy atom. The van der Waals surface area contributed by atoms with Gasteiger partial charge in [0, 0.05) is 13.0 Å². The highest BCUT2D eigenvalue weighted by Gasteiger charge is 1.98. The van der Waals surface area contributed by atoms with E-state index in [-0.39, 0.29) is 11.8 Å². The molecule has 0 aromatic carbocycles. The molecule has 0 rings (SSSR count). The third-order valence-corrected chi connectivity index (χ3v) is 3.25. The van der Waals surface area contributed by atoms with Crippen LogP contribution in [0.25, 0.3) is 0 Å². The van der Waals surface area contributed by atoms with Crippen LogP contribution < -0.4 is 5.32 Å².